The topological polar surface area (TPSA) is 52.4 Å². The van der Waals surface area contributed by atoms with Gasteiger partial charge in [0.05, 0.1) is 11.5 Å². The Morgan fingerprint density at radius 3 is 2.53 bits per heavy atom. The molecule has 1 aliphatic rings. The van der Waals surface area contributed by atoms with E-state index in [9.17, 15) is 10.1 Å². The smallest absolute Gasteiger partial charge is 0.269 e. The molecule has 0 fully saturated rings. The highest BCUT2D eigenvalue weighted by atomic mass is 16.6. The van der Waals surface area contributed by atoms with Crippen molar-refractivity contribution < 1.29 is 9.66 Å². The summed E-state index contributed by atoms with van der Waals surface area (Å²) in [5, 5.41) is 10.8. The van der Waals surface area contributed by atoms with Gasteiger partial charge in [0, 0.05) is 12.1 Å². The summed E-state index contributed by atoms with van der Waals surface area (Å²) in [6, 6.07) is 11.0. The molecule has 4 nitrogen and oxygen atoms in total. The van der Waals surface area contributed by atoms with Crippen molar-refractivity contribution >= 4 is 5.69 Å². The van der Waals surface area contributed by atoms with Gasteiger partial charge in [0.25, 0.3) is 5.69 Å². The standard InChI is InChI=1S/C15H13NO3/c1-2-19-13-4-6-15-11(9-13)7-10-8-12(16(17)18)3-5-14(10)15/h3-6,8-9H,2,7H2,1H3. The van der Waals surface area contributed by atoms with Gasteiger partial charge in [-0.05, 0) is 53.8 Å². The van der Waals surface area contributed by atoms with Crippen LogP contribution in [0.1, 0.15) is 18.1 Å². The quantitative estimate of drug-likeness (QED) is 0.531. The van der Waals surface area contributed by atoms with Crippen LogP contribution in [0.4, 0.5) is 5.69 Å². The van der Waals surface area contributed by atoms with E-state index < -0.39 is 0 Å². The normalized spacial score (nSPS) is 11.8. The van der Waals surface area contributed by atoms with Crippen LogP contribution < -0.4 is 4.74 Å². The van der Waals surface area contributed by atoms with Crippen LogP contribution in [0.2, 0.25) is 0 Å². The van der Waals surface area contributed by atoms with Gasteiger partial charge >= 0.3 is 0 Å². The molecule has 0 amide bonds. The molecule has 2 aromatic rings. The first-order valence-electron chi connectivity index (χ1n) is 6.22. The van der Waals surface area contributed by atoms with E-state index in [1.165, 1.54) is 5.56 Å². The molecular weight excluding hydrogens is 242 g/mol. The second kappa shape index (κ2) is 4.39. The van der Waals surface area contributed by atoms with E-state index >= 15 is 0 Å². The number of nitro benzene ring substituents is 1. The number of fused-ring (bicyclic) bond motifs is 3. The van der Waals surface area contributed by atoms with E-state index in [4.69, 9.17) is 4.74 Å². The van der Waals surface area contributed by atoms with Crippen LogP contribution in [0, 0.1) is 10.1 Å². The summed E-state index contributed by atoms with van der Waals surface area (Å²) >= 11 is 0. The van der Waals surface area contributed by atoms with E-state index in [1.807, 2.05) is 31.2 Å². The molecule has 2 aromatic carbocycles. The Balaban J connectivity index is 2.03. The zero-order chi connectivity index (χ0) is 13.4. The first-order valence-corrected chi connectivity index (χ1v) is 6.22. The molecule has 0 atom stereocenters. The molecule has 19 heavy (non-hydrogen) atoms. The summed E-state index contributed by atoms with van der Waals surface area (Å²) in [6.45, 7) is 2.59. The summed E-state index contributed by atoms with van der Waals surface area (Å²) in [4.78, 5) is 10.4. The van der Waals surface area contributed by atoms with Crippen molar-refractivity contribution in [2.75, 3.05) is 6.61 Å². The number of benzene rings is 2. The second-order valence-electron chi connectivity index (χ2n) is 4.53. The van der Waals surface area contributed by atoms with E-state index in [1.54, 1.807) is 12.1 Å². The lowest BCUT2D eigenvalue weighted by Gasteiger charge is -2.05. The van der Waals surface area contributed by atoms with Gasteiger partial charge in [-0.1, -0.05) is 6.07 Å². The summed E-state index contributed by atoms with van der Waals surface area (Å²) in [7, 11) is 0. The molecule has 0 bridgehead atoms. The molecule has 1 aliphatic carbocycles. The summed E-state index contributed by atoms with van der Waals surface area (Å²) < 4.78 is 5.48. The second-order valence-corrected chi connectivity index (χ2v) is 4.53. The number of rotatable bonds is 3. The Morgan fingerprint density at radius 2 is 1.84 bits per heavy atom. The molecule has 0 saturated carbocycles. The van der Waals surface area contributed by atoms with Crippen LogP contribution >= 0.6 is 0 Å². The Kier molecular flexibility index (Phi) is 2.71. The van der Waals surface area contributed by atoms with Crippen LogP contribution in [0.5, 0.6) is 5.75 Å². The molecule has 0 unspecified atom stereocenters. The number of nitro groups is 1. The van der Waals surface area contributed by atoms with Crippen LogP contribution in [0.15, 0.2) is 36.4 Å². The van der Waals surface area contributed by atoms with Gasteiger partial charge in [-0.2, -0.15) is 0 Å². The Bertz CT molecular complexity index is 664. The van der Waals surface area contributed by atoms with Gasteiger partial charge in [-0.25, -0.2) is 0 Å². The van der Waals surface area contributed by atoms with Crippen molar-refractivity contribution in [3.8, 4) is 16.9 Å². The van der Waals surface area contributed by atoms with E-state index in [0.717, 1.165) is 28.9 Å². The van der Waals surface area contributed by atoms with Crippen molar-refractivity contribution in [3.63, 3.8) is 0 Å². The lowest BCUT2D eigenvalue weighted by Crippen LogP contribution is -1.92. The van der Waals surface area contributed by atoms with Crippen LogP contribution in [-0.4, -0.2) is 11.5 Å². The largest absolute Gasteiger partial charge is 0.494 e. The highest BCUT2D eigenvalue weighted by Crippen LogP contribution is 2.39. The van der Waals surface area contributed by atoms with E-state index in [0.29, 0.717) is 6.61 Å². The van der Waals surface area contributed by atoms with Gasteiger partial charge in [-0.3, -0.25) is 10.1 Å². The monoisotopic (exact) mass is 255 g/mol. The van der Waals surface area contributed by atoms with Gasteiger partial charge in [0.1, 0.15) is 5.75 Å². The van der Waals surface area contributed by atoms with Gasteiger partial charge < -0.3 is 4.74 Å². The molecule has 0 aromatic heterocycles. The average Bonchev–Trinajstić information content (AvgIpc) is 2.75. The van der Waals surface area contributed by atoms with Gasteiger partial charge in [0.2, 0.25) is 0 Å². The third kappa shape index (κ3) is 1.95. The van der Waals surface area contributed by atoms with Crippen molar-refractivity contribution in [1.82, 2.24) is 0 Å². The highest BCUT2D eigenvalue weighted by Gasteiger charge is 2.21. The zero-order valence-electron chi connectivity index (χ0n) is 10.6. The molecule has 0 N–H and O–H groups in total. The lowest BCUT2D eigenvalue weighted by molar-refractivity contribution is -0.384. The minimum Gasteiger partial charge on any atom is -0.494 e. The number of nitrogens with zero attached hydrogens (tertiary/aromatic N) is 1. The summed E-state index contributed by atoms with van der Waals surface area (Å²) in [5.41, 5.74) is 4.56. The highest BCUT2D eigenvalue weighted by molar-refractivity contribution is 5.78. The first kappa shape index (κ1) is 11.7. The van der Waals surface area contributed by atoms with Crippen molar-refractivity contribution in [3.05, 3.63) is 57.6 Å². The number of non-ortho nitro benzene ring substituents is 1. The third-order valence-corrected chi connectivity index (χ3v) is 3.36. The maximum atomic E-state index is 10.8. The van der Waals surface area contributed by atoms with Crippen LogP contribution in [-0.2, 0) is 6.42 Å². The zero-order valence-corrected chi connectivity index (χ0v) is 10.6. The van der Waals surface area contributed by atoms with Crippen molar-refractivity contribution in [2.24, 2.45) is 0 Å². The average molecular weight is 255 g/mol. The lowest BCUT2D eigenvalue weighted by atomic mass is 10.1. The molecular formula is C15H13NO3. The number of hydrogen-bond donors (Lipinski definition) is 0. The fraction of sp³-hybridized carbons (Fsp3) is 0.200. The molecule has 0 aliphatic heterocycles. The fourth-order valence-corrected chi connectivity index (χ4v) is 2.54. The number of hydrogen-bond acceptors (Lipinski definition) is 3. The molecule has 0 spiro atoms. The maximum absolute atomic E-state index is 10.8. The predicted octanol–water partition coefficient (Wildman–Crippen LogP) is 3.56. The fourth-order valence-electron chi connectivity index (χ4n) is 2.54. The first-order chi connectivity index (χ1) is 9.19. The summed E-state index contributed by atoms with van der Waals surface area (Å²) in [5.74, 6) is 0.851. The number of ether oxygens (including phenoxy) is 1. The van der Waals surface area contributed by atoms with E-state index in [2.05, 4.69) is 0 Å². The molecule has 3 rings (SSSR count). The Morgan fingerprint density at radius 1 is 1.16 bits per heavy atom. The Hall–Kier alpha value is -2.36. The molecule has 4 heteroatoms. The van der Waals surface area contributed by atoms with Crippen molar-refractivity contribution in [1.29, 1.82) is 0 Å². The molecule has 0 radical (unpaired) electrons. The minimum absolute atomic E-state index is 0.150. The Labute approximate surface area is 110 Å². The summed E-state index contributed by atoms with van der Waals surface area (Å²) in [6.07, 6.45) is 0.729. The minimum atomic E-state index is -0.352. The van der Waals surface area contributed by atoms with Gasteiger partial charge in [0.15, 0.2) is 0 Å². The predicted molar refractivity (Wildman–Crippen MR) is 72.5 cm³/mol. The SMILES string of the molecule is CCOc1ccc2c(c1)Cc1cc([N+](=O)[O-])ccc1-2. The third-order valence-electron chi connectivity index (χ3n) is 3.36. The molecule has 0 saturated heterocycles. The maximum Gasteiger partial charge on any atom is 0.269 e. The van der Waals surface area contributed by atoms with Gasteiger partial charge in [-0.15, -0.1) is 0 Å². The molecule has 96 valence electrons. The van der Waals surface area contributed by atoms with E-state index in [-0.39, 0.29) is 10.6 Å². The van der Waals surface area contributed by atoms with Crippen LogP contribution in [0.3, 0.4) is 0 Å². The van der Waals surface area contributed by atoms with Crippen molar-refractivity contribution in [2.45, 2.75) is 13.3 Å². The molecule has 0 heterocycles. The van der Waals surface area contributed by atoms with Crippen LogP contribution in [0.25, 0.3) is 11.1 Å².